The van der Waals surface area contributed by atoms with Gasteiger partial charge in [-0.1, -0.05) is 23.8 Å². The molecule has 1 saturated heterocycles. The van der Waals surface area contributed by atoms with Gasteiger partial charge in [0.25, 0.3) is 17.7 Å². The van der Waals surface area contributed by atoms with Crippen LogP contribution in [0.15, 0.2) is 24.3 Å². The fraction of sp³-hybridized carbons (Fsp3) is 0.389. The maximum atomic E-state index is 12.3. The largest absolute Gasteiger partial charge is 0.484 e. The molecule has 1 heterocycles. The summed E-state index contributed by atoms with van der Waals surface area (Å²) >= 11 is 6.10. The van der Waals surface area contributed by atoms with E-state index in [9.17, 15) is 14.4 Å². The van der Waals surface area contributed by atoms with Crippen LogP contribution >= 0.6 is 11.6 Å². The first kappa shape index (κ1) is 17.5. The fourth-order valence-corrected chi connectivity index (χ4v) is 3.31. The predicted molar refractivity (Wildman–Crippen MR) is 91.8 cm³/mol. The highest BCUT2D eigenvalue weighted by Crippen LogP contribution is 2.34. The number of halogens is 1. The summed E-state index contributed by atoms with van der Waals surface area (Å²) in [4.78, 5) is 36.7. The zero-order valence-corrected chi connectivity index (χ0v) is 14.8. The van der Waals surface area contributed by atoms with E-state index < -0.39 is 5.91 Å². The number of hydrogen-bond donors (Lipinski definition) is 1. The first-order chi connectivity index (χ1) is 11.9. The number of rotatable bonds is 4. The van der Waals surface area contributed by atoms with E-state index in [-0.39, 0.29) is 30.3 Å². The number of hydrazine groups is 1. The number of hydrogen-bond acceptors (Lipinski definition) is 4. The minimum Gasteiger partial charge on any atom is -0.484 e. The molecule has 2 aliphatic rings. The van der Waals surface area contributed by atoms with Gasteiger partial charge >= 0.3 is 0 Å². The van der Waals surface area contributed by atoms with E-state index in [0.717, 1.165) is 16.1 Å². The third kappa shape index (κ3) is 3.39. The molecule has 7 heteroatoms. The Hall–Kier alpha value is -2.34. The molecule has 6 nitrogen and oxygen atoms in total. The quantitative estimate of drug-likeness (QED) is 0.658. The minimum atomic E-state index is -0.557. The molecule has 3 rings (SSSR count). The molecule has 0 unspecified atom stereocenters. The number of carbonyl (C=O) groups is 3. The summed E-state index contributed by atoms with van der Waals surface area (Å²) in [6.07, 6.45) is 4.85. The van der Waals surface area contributed by atoms with Gasteiger partial charge in [0.1, 0.15) is 5.75 Å². The molecule has 1 aliphatic carbocycles. The maximum Gasteiger partial charge on any atom is 0.276 e. The molecule has 0 radical (unpaired) electrons. The molecule has 3 amide bonds. The summed E-state index contributed by atoms with van der Waals surface area (Å²) in [5.41, 5.74) is 4.05. The van der Waals surface area contributed by atoms with Crippen LogP contribution in [0.5, 0.6) is 5.75 Å². The second kappa shape index (κ2) is 6.88. The number of imide groups is 1. The van der Waals surface area contributed by atoms with Gasteiger partial charge in [0, 0.05) is 5.02 Å². The van der Waals surface area contributed by atoms with E-state index in [1.807, 2.05) is 26.0 Å². The molecule has 0 bridgehead atoms. The molecule has 0 saturated carbocycles. The lowest BCUT2D eigenvalue weighted by atomic mass is 9.85. The number of fused-ring (bicyclic) bond motifs is 1. The Kier molecular flexibility index (Phi) is 4.81. The van der Waals surface area contributed by atoms with Gasteiger partial charge in [-0.3, -0.25) is 19.8 Å². The van der Waals surface area contributed by atoms with Crippen LogP contribution in [-0.4, -0.2) is 29.3 Å². The van der Waals surface area contributed by atoms with Crippen LogP contribution in [-0.2, 0) is 14.4 Å². The molecule has 0 spiro atoms. The Morgan fingerprint density at radius 2 is 1.68 bits per heavy atom. The van der Waals surface area contributed by atoms with Crippen LogP contribution in [0.25, 0.3) is 0 Å². The average molecular weight is 363 g/mol. The zero-order valence-electron chi connectivity index (χ0n) is 14.0. The van der Waals surface area contributed by atoms with Crippen molar-refractivity contribution < 1.29 is 19.1 Å². The molecule has 1 aliphatic heterocycles. The first-order valence-corrected chi connectivity index (χ1v) is 8.48. The fourth-order valence-electron chi connectivity index (χ4n) is 3.21. The summed E-state index contributed by atoms with van der Waals surface area (Å²) < 4.78 is 5.45. The highest BCUT2D eigenvalue weighted by Gasteiger charge is 2.48. The Bertz CT molecular complexity index is 725. The number of nitrogens with one attached hydrogen (secondary N) is 1. The highest BCUT2D eigenvalue weighted by molar-refractivity contribution is 6.32. The second-order valence-corrected chi connectivity index (χ2v) is 6.74. The number of benzene rings is 1. The van der Waals surface area contributed by atoms with Gasteiger partial charge in [0.2, 0.25) is 0 Å². The van der Waals surface area contributed by atoms with Gasteiger partial charge < -0.3 is 4.74 Å². The summed E-state index contributed by atoms with van der Waals surface area (Å²) in [5, 5.41) is 1.49. The van der Waals surface area contributed by atoms with E-state index in [1.54, 1.807) is 12.1 Å². The van der Waals surface area contributed by atoms with E-state index in [2.05, 4.69) is 5.43 Å². The molecule has 25 heavy (non-hydrogen) atoms. The first-order valence-electron chi connectivity index (χ1n) is 8.10. The van der Waals surface area contributed by atoms with Gasteiger partial charge in [0.05, 0.1) is 11.8 Å². The van der Waals surface area contributed by atoms with Crippen molar-refractivity contribution in [3.63, 3.8) is 0 Å². The van der Waals surface area contributed by atoms with Gasteiger partial charge in [0.15, 0.2) is 6.61 Å². The van der Waals surface area contributed by atoms with E-state index in [1.165, 1.54) is 0 Å². The third-order valence-corrected chi connectivity index (χ3v) is 5.12. The van der Waals surface area contributed by atoms with Crippen molar-refractivity contribution in [3.05, 3.63) is 40.4 Å². The van der Waals surface area contributed by atoms with Crippen molar-refractivity contribution in [2.75, 3.05) is 6.61 Å². The van der Waals surface area contributed by atoms with Gasteiger partial charge in [-0.05, 0) is 49.9 Å². The Morgan fingerprint density at radius 3 is 2.20 bits per heavy atom. The molecule has 132 valence electrons. The number of amides is 3. The molecule has 1 aromatic rings. The number of allylic oxidation sites excluding steroid dienone is 2. The molecule has 2 atom stereocenters. The summed E-state index contributed by atoms with van der Waals surface area (Å²) in [6, 6.07) is 3.46. The Labute approximate surface area is 150 Å². The van der Waals surface area contributed by atoms with Crippen LogP contribution in [0.2, 0.25) is 5.02 Å². The Balaban J connectivity index is 1.60. The molecule has 1 N–H and O–H groups in total. The van der Waals surface area contributed by atoms with Crippen molar-refractivity contribution in [1.82, 2.24) is 10.4 Å². The third-order valence-electron chi connectivity index (χ3n) is 4.52. The molecular formula is C18H19ClN2O4. The van der Waals surface area contributed by atoms with Crippen molar-refractivity contribution in [1.29, 1.82) is 0 Å². The SMILES string of the molecule is Cc1cc(OCC(=O)NN2C(=O)[C@H]3CC=CC[C@@H]3C2=O)cc(C)c1Cl. The van der Waals surface area contributed by atoms with Crippen molar-refractivity contribution >= 4 is 29.3 Å². The smallest absolute Gasteiger partial charge is 0.276 e. The monoisotopic (exact) mass is 362 g/mol. The molecular weight excluding hydrogens is 344 g/mol. The van der Waals surface area contributed by atoms with Gasteiger partial charge in [-0.2, -0.15) is 5.01 Å². The van der Waals surface area contributed by atoms with Crippen LogP contribution in [0.1, 0.15) is 24.0 Å². The lowest BCUT2D eigenvalue weighted by Gasteiger charge is -2.16. The van der Waals surface area contributed by atoms with Crippen LogP contribution in [0.4, 0.5) is 0 Å². The van der Waals surface area contributed by atoms with Crippen molar-refractivity contribution in [2.24, 2.45) is 11.8 Å². The van der Waals surface area contributed by atoms with Crippen LogP contribution in [0, 0.1) is 25.7 Å². The van der Waals surface area contributed by atoms with Crippen LogP contribution < -0.4 is 10.2 Å². The standard InChI is InChI=1S/C18H19ClN2O4/c1-10-7-12(8-11(2)16(10)19)25-9-15(22)20-21-17(23)13-5-3-4-6-14(13)18(21)24/h3-4,7-8,13-14H,5-6,9H2,1-2H3,(H,20,22)/t13-,14-/m0/s1. The van der Waals surface area contributed by atoms with Crippen molar-refractivity contribution in [2.45, 2.75) is 26.7 Å². The lowest BCUT2D eigenvalue weighted by Crippen LogP contribution is -2.48. The predicted octanol–water partition coefficient (Wildman–Crippen LogP) is 2.32. The summed E-state index contributed by atoms with van der Waals surface area (Å²) in [7, 11) is 0. The summed E-state index contributed by atoms with van der Waals surface area (Å²) in [6.45, 7) is 3.39. The number of nitrogens with zero attached hydrogens (tertiary/aromatic N) is 1. The van der Waals surface area contributed by atoms with Crippen molar-refractivity contribution in [3.8, 4) is 5.75 Å². The van der Waals surface area contributed by atoms with Gasteiger partial charge in [-0.15, -0.1) is 0 Å². The average Bonchev–Trinajstić information content (AvgIpc) is 2.83. The lowest BCUT2D eigenvalue weighted by molar-refractivity contribution is -0.149. The minimum absolute atomic E-state index is 0.300. The normalized spacial score (nSPS) is 22.1. The van der Waals surface area contributed by atoms with E-state index in [4.69, 9.17) is 16.3 Å². The summed E-state index contributed by atoms with van der Waals surface area (Å²) in [5.74, 6) is -1.51. The number of ether oxygens (including phenoxy) is 1. The van der Waals surface area contributed by atoms with E-state index in [0.29, 0.717) is 23.6 Å². The number of aryl methyl sites for hydroxylation is 2. The molecule has 1 aromatic carbocycles. The molecule has 0 aromatic heterocycles. The topological polar surface area (TPSA) is 75.7 Å². The Morgan fingerprint density at radius 1 is 1.16 bits per heavy atom. The second-order valence-electron chi connectivity index (χ2n) is 6.36. The zero-order chi connectivity index (χ0) is 18.1. The van der Waals surface area contributed by atoms with Gasteiger partial charge in [-0.25, -0.2) is 0 Å². The maximum absolute atomic E-state index is 12.3. The van der Waals surface area contributed by atoms with E-state index >= 15 is 0 Å². The van der Waals surface area contributed by atoms with Crippen LogP contribution in [0.3, 0.4) is 0 Å². The molecule has 1 fully saturated rings. The highest BCUT2D eigenvalue weighted by atomic mass is 35.5. The number of carbonyl (C=O) groups excluding carboxylic acids is 3.